The Bertz CT molecular complexity index is 98.0. The van der Waals surface area contributed by atoms with Gasteiger partial charge in [-0.15, -0.1) is 0 Å². The fraction of sp³-hybridized carbons (Fsp3) is 0.900. The van der Waals surface area contributed by atoms with Crippen LogP contribution in [0, 0.1) is 6.10 Å². The van der Waals surface area contributed by atoms with E-state index in [1.165, 1.54) is 38.2 Å². The van der Waals surface area contributed by atoms with Crippen molar-refractivity contribution < 1.29 is 9.84 Å². The summed E-state index contributed by atoms with van der Waals surface area (Å²) in [6.45, 7) is 1.09. The lowest BCUT2D eigenvalue weighted by atomic mass is 9.98. The summed E-state index contributed by atoms with van der Waals surface area (Å²) in [5, 5.41) is 8.54. The van der Waals surface area contributed by atoms with Gasteiger partial charge in [0.2, 0.25) is 0 Å². The molecule has 0 spiro atoms. The first-order valence-corrected chi connectivity index (χ1v) is 5.02. The Hall–Kier alpha value is -0.0800. The van der Waals surface area contributed by atoms with Crippen molar-refractivity contribution in [2.24, 2.45) is 0 Å². The first-order valence-electron chi connectivity index (χ1n) is 5.02. The van der Waals surface area contributed by atoms with Crippen LogP contribution < -0.4 is 0 Å². The molecule has 0 aromatic rings. The molecule has 2 nitrogen and oxygen atoms in total. The normalized spacial score (nSPS) is 19.8. The Labute approximate surface area is 74.9 Å². The number of hydrogen-bond acceptors (Lipinski definition) is 2. The van der Waals surface area contributed by atoms with Gasteiger partial charge < -0.3 is 9.84 Å². The van der Waals surface area contributed by atoms with E-state index in [-0.39, 0.29) is 0 Å². The van der Waals surface area contributed by atoms with Crippen LogP contribution >= 0.6 is 0 Å². The summed E-state index contributed by atoms with van der Waals surface area (Å²) in [7, 11) is 0. The van der Waals surface area contributed by atoms with Gasteiger partial charge in [-0.05, 0) is 25.7 Å². The van der Waals surface area contributed by atoms with E-state index in [9.17, 15) is 0 Å². The molecule has 0 unspecified atom stereocenters. The lowest BCUT2D eigenvalue weighted by molar-refractivity contribution is 0.106. The molecule has 12 heavy (non-hydrogen) atoms. The van der Waals surface area contributed by atoms with E-state index in [2.05, 4.69) is 0 Å². The second kappa shape index (κ2) is 6.44. The molecule has 2 heteroatoms. The molecule has 71 valence electrons. The third-order valence-electron chi connectivity index (χ3n) is 2.27. The van der Waals surface area contributed by atoms with Gasteiger partial charge >= 0.3 is 0 Å². The highest BCUT2D eigenvalue weighted by atomic mass is 16.5. The smallest absolute Gasteiger partial charge is 0.0970 e. The lowest BCUT2D eigenvalue weighted by Gasteiger charge is -2.20. The van der Waals surface area contributed by atoms with Crippen molar-refractivity contribution in [1.29, 1.82) is 0 Å². The Morgan fingerprint density at radius 3 is 2.50 bits per heavy atom. The van der Waals surface area contributed by atoms with E-state index in [4.69, 9.17) is 9.84 Å². The maximum Gasteiger partial charge on any atom is 0.0970 e. The maximum absolute atomic E-state index is 8.54. The molecule has 0 bridgehead atoms. The van der Waals surface area contributed by atoms with E-state index in [1.807, 2.05) is 0 Å². The van der Waals surface area contributed by atoms with Crippen LogP contribution in [0.1, 0.15) is 44.9 Å². The summed E-state index contributed by atoms with van der Waals surface area (Å²) in [6.07, 6.45) is 9.44. The summed E-state index contributed by atoms with van der Waals surface area (Å²) in [6, 6.07) is 0. The van der Waals surface area contributed by atoms with E-state index in [1.54, 1.807) is 0 Å². The number of hydrogen-bond donors (Lipinski definition) is 1. The van der Waals surface area contributed by atoms with Crippen LogP contribution in [0.2, 0.25) is 0 Å². The van der Waals surface area contributed by atoms with Crippen LogP contribution in [0.25, 0.3) is 0 Å². The second-order valence-corrected chi connectivity index (χ2v) is 3.38. The van der Waals surface area contributed by atoms with Crippen molar-refractivity contribution in [2.75, 3.05) is 13.2 Å². The zero-order valence-electron chi connectivity index (χ0n) is 7.72. The van der Waals surface area contributed by atoms with Gasteiger partial charge in [0.25, 0.3) is 0 Å². The highest BCUT2D eigenvalue weighted by Gasteiger charge is 2.13. The predicted octanol–water partition coefficient (Wildman–Crippen LogP) is 2.27. The molecule has 1 saturated carbocycles. The van der Waals surface area contributed by atoms with Gasteiger partial charge in [-0.1, -0.05) is 19.3 Å². The van der Waals surface area contributed by atoms with E-state index >= 15 is 0 Å². The zero-order chi connectivity index (χ0) is 8.65. The highest BCUT2D eigenvalue weighted by molar-refractivity contribution is 4.81. The Kier molecular flexibility index (Phi) is 5.37. The monoisotopic (exact) mass is 171 g/mol. The third-order valence-corrected chi connectivity index (χ3v) is 2.27. The van der Waals surface area contributed by atoms with Crippen LogP contribution in [0.3, 0.4) is 0 Å². The molecule has 0 aromatic heterocycles. The number of unbranched alkanes of at least 4 members (excludes halogenated alkanes) is 1. The molecule has 0 aliphatic heterocycles. The van der Waals surface area contributed by atoms with E-state index < -0.39 is 0 Å². The van der Waals surface area contributed by atoms with Crippen LogP contribution in [0.5, 0.6) is 0 Å². The van der Waals surface area contributed by atoms with Gasteiger partial charge in [0.1, 0.15) is 0 Å². The van der Waals surface area contributed by atoms with E-state index in [0.717, 1.165) is 19.4 Å². The largest absolute Gasteiger partial charge is 0.396 e. The molecule has 1 radical (unpaired) electrons. The molecule has 1 aliphatic rings. The third kappa shape index (κ3) is 4.07. The zero-order valence-corrected chi connectivity index (χ0v) is 7.72. The van der Waals surface area contributed by atoms with Gasteiger partial charge in [0.15, 0.2) is 0 Å². The summed E-state index contributed by atoms with van der Waals surface area (Å²) >= 11 is 0. The topological polar surface area (TPSA) is 29.5 Å². The van der Waals surface area contributed by atoms with Crippen molar-refractivity contribution >= 4 is 0 Å². The highest BCUT2D eigenvalue weighted by Crippen LogP contribution is 2.26. The number of aliphatic hydroxyl groups excluding tert-OH is 1. The van der Waals surface area contributed by atoms with Crippen molar-refractivity contribution in [3.63, 3.8) is 0 Å². The Morgan fingerprint density at radius 2 is 1.83 bits per heavy atom. The van der Waals surface area contributed by atoms with Crippen LogP contribution in [-0.2, 0) is 4.74 Å². The molecule has 1 aliphatic carbocycles. The summed E-state index contributed by atoms with van der Waals surface area (Å²) in [5.74, 6) is 0. The average Bonchev–Trinajstić information content (AvgIpc) is 2.14. The summed E-state index contributed by atoms with van der Waals surface area (Å²) in [5.41, 5.74) is 0. The van der Waals surface area contributed by atoms with Crippen molar-refractivity contribution in [3.8, 4) is 0 Å². The minimum Gasteiger partial charge on any atom is -0.396 e. The Morgan fingerprint density at radius 1 is 1.08 bits per heavy atom. The fourth-order valence-electron chi connectivity index (χ4n) is 1.52. The number of ether oxygens (including phenoxy) is 1. The fourth-order valence-corrected chi connectivity index (χ4v) is 1.52. The van der Waals surface area contributed by atoms with Gasteiger partial charge in [0.05, 0.1) is 6.10 Å². The van der Waals surface area contributed by atoms with Gasteiger partial charge in [-0.2, -0.15) is 0 Å². The average molecular weight is 171 g/mol. The molecule has 0 heterocycles. The molecule has 0 aromatic carbocycles. The van der Waals surface area contributed by atoms with Gasteiger partial charge in [0, 0.05) is 13.2 Å². The van der Waals surface area contributed by atoms with Gasteiger partial charge in [-0.25, -0.2) is 0 Å². The van der Waals surface area contributed by atoms with Crippen LogP contribution in [0.15, 0.2) is 0 Å². The SMILES string of the molecule is OCCCCO[C]1CCCCC1. The first-order chi connectivity index (χ1) is 5.93. The lowest BCUT2D eigenvalue weighted by Crippen LogP contribution is -2.09. The molecule has 0 saturated heterocycles. The van der Waals surface area contributed by atoms with Gasteiger partial charge in [-0.3, -0.25) is 0 Å². The number of rotatable bonds is 5. The number of aliphatic hydroxyl groups is 1. The predicted molar refractivity (Wildman–Crippen MR) is 48.6 cm³/mol. The van der Waals surface area contributed by atoms with Crippen molar-refractivity contribution in [3.05, 3.63) is 6.10 Å². The Balaban J connectivity index is 1.91. The van der Waals surface area contributed by atoms with E-state index in [0.29, 0.717) is 6.61 Å². The minimum absolute atomic E-state index is 0.290. The van der Waals surface area contributed by atoms with Crippen LogP contribution in [-0.4, -0.2) is 18.3 Å². The molecule has 0 amide bonds. The standard InChI is InChI=1S/C10H19O2/c11-8-4-5-9-12-10-6-2-1-3-7-10/h11H,1-9H2. The quantitative estimate of drug-likeness (QED) is 0.643. The summed E-state index contributed by atoms with van der Waals surface area (Å²) in [4.78, 5) is 0. The molecule has 1 rings (SSSR count). The minimum atomic E-state index is 0.290. The molecule has 1 fully saturated rings. The molecule has 1 N–H and O–H groups in total. The maximum atomic E-state index is 8.54. The first kappa shape index (κ1) is 10.0. The molecular weight excluding hydrogens is 152 g/mol. The van der Waals surface area contributed by atoms with Crippen LogP contribution in [0.4, 0.5) is 0 Å². The van der Waals surface area contributed by atoms with Crippen molar-refractivity contribution in [1.82, 2.24) is 0 Å². The molecule has 0 atom stereocenters. The summed E-state index contributed by atoms with van der Waals surface area (Å²) < 4.78 is 5.59. The van der Waals surface area contributed by atoms with Crippen molar-refractivity contribution in [2.45, 2.75) is 44.9 Å². The molecular formula is C10H19O2. The second-order valence-electron chi connectivity index (χ2n) is 3.38.